The van der Waals surface area contributed by atoms with Crippen molar-refractivity contribution in [3.63, 3.8) is 0 Å². The van der Waals surface area contributed by atoms with E-state index in [-0.39, 0.29) is 0 Å². The van der Waals surface area contributed by atoms with Crippen LogP contribution in [-0.4, -0.2) is 38.0 Å². The van der Waals surface area contributed by atoms with Gasteiger partial charge in [-0.1, -0.05) is 37.7 Å². The Bertz CT molecular complexity index is 412. The van der Waals surface area contributed by atoms with Crippen LogP contribution in [0.25, 0.3) is 0 Å². The summed E-state index contributed by atoms with van der Waals surface area (Å²) in [4.78, 5) is 0.353. The summed E-state index contributed by atoms with van der Waals surface area (Å²) in [5, 5.41) is 0. The van der Waals surface area contributed by atoms with Crippen molar-refractivity contribution >= 4 is 17.2 Å². The van der Waals surface area contributed by atoms with E-state index in [1.54, 1.807) is 0 Å². The van der Waals surface area contributed by atoms with E-state index in [0.717, 1.165) is 37.2 Å². The van der Waals surface area contributed by atoms with Gasteiger partial charge in [0.2, 0.25) is 0 Å². The molecule has 5 heteroatoms. The Morgan fingerprint density at radius 1 is 1.00 bits per heavy atom. The summed E-state index contributed by atoms with van der Waals surface area (Å²) in [5.74, 6) is 0.730. The predicted molar refractivity (Wildman–Crippen MR) is 89.0 cm³/mol. The lowest BCUT2D eigenvalue weighted by molar-refractivity contribution is 0.0426. The van der Waals surface area contributed by atoms with Crippen molar-refractivity contribution in [2.24, 2.45) is 5.73 Å². The molecular weight excluding hydrogens is 286 g/mol. The zero-order chi connectivity index (χ0) is 15.3. The molecule has 1 rings (SSSR count). The van der Waals surface area contributed by atoms with Crippen LogP contribution in [0.4, 0.5) is 0 Å². The van der Waals surface area contributed by atoms with E-state index in [4.69, 9.17) is 32.2 Å². The molecule has 1 aromatic rings. The maximum atomic E-state index is 5.68. The summed E-state index contributed by atoms with van der Waals surface area (Å²) < 4.78 is 16.6. The summed E-state index contributed by atoms with van der Waals surface area (Å²) in [7, 11) is 0. The molecule has 0 saturated carbocycles. The molecule has 0 atom stereocenters. The van der Waals surface area contributed by atoms with Crippen LogP contribution in [0, 0.1) is 0 Å². The van der Waals surface area contributed by atoms with Crippen LogP contribution in [0.15, 0.2) is 24.3 Å². The molecule has 118 valence electrons. The summed E-state index contributed by atoms with van der Waals surface area (Å²) in [6.07, 6.45) is 3.09. The van der Waals surface area contributed by atoms with Crippen LogP contribution in [-0.2, 0) is 9.47 Å². The van der Waals surface area contributed by atoms with Crippen LogP contribution in [0.1, 0.15) is 31.7 Å². The summed E-state index contributed by atoms with van der Waals surface area (Å²) in [5.41, 5.74) is 6.42. The summed E-state index contributed by atoms with van der Waals surface area (Å²) >= 11 is 4.99. The van der Waals surface area contributed by atoms with Crippen LogP contribution in [0.3, 0.4) is 0 Å². The summed E-state index contributed by atoms with van der Waals surface area (Å²) in [6, 6.07) is 7.53. The third kappa shape index (κ3) is 7.99. The van der Waals surface area contributed by atoms with E-state index in [2.05, 4.69) is 6.92 Å². The lowest BCUT2D eigenvalue weighted by Gasteiger charge is -2.10. The number of rotatable bonds is 12. The molecule has 0 aliphatic rings. The monoisotopic (exact) mass is 311 g/mol. The van der Waals surface area contributed by atoms with Crippen molar-refractivity contribution in [3.05, 3.63) is 29.8 Å². The number of benzene rings is 1. The highest BCUT2D eigenvalue weighted by Gasteiger charge is 2.04. The molecule has 0 radical (unpaired) electrons. The molecule has 0 bridgehead atoms. The van der Waals surface area contributed by atoms with Crippen molar-refractivity contribution in [2.75, 3.05) is 33.0 Å². The third-order valence-corrected chi connectivity index (χ3v) is 3.08. The van der Waals surface area contributed by atoms with E-state index >= 15 is 0 Å². The van der Waals surface area contributed by atoms with Crippen molar-refractivity contribution in [1.82, 2.24) is 0 Å². The van der Waals surface area contributed by atoms with Crippen LogP contribution in [0.5, 0.6) is 5.75 Å². The smallest absolute Gasteiger partial charge is 0.129 e. The van der Waals surface area contributed by atoms with Gasteiger partial charge < -0.3 is 19.9 Å². The first-order chi connectivity index (χ1) is 10.3. The third-order valence-electron chi connectivity index (χ3n) is 2.86. The Labute approximate surface area is 132 Å². The molecule has 0 aliphatic carbocycles. The van der Waals surface area contributed by atoms with E-state index in [0.29, 0.717) is 31.4 Å². The number of hydrogen-bond donors (Lipinski definition) is 1. The molecule has 4 nitrogen and oxygen atoms in total. The normalized spacial score (nSPS) is 10.5. The molecule has 0 saturated heterocycles. The molecule has 1 aromatic carbocycles. The number of ether oxygens (including phenoxy) is 3. The van der Waals surface area contributed by atoms with Gasteiger partial charge in [-0.25, -0.2) is 0 Å². The molecule has 0 aliphatic heterocycles. The first-order valence-electron chi connectivity index (χ1n) is 7.42. The Balaban J connectivity index is 2.06. The minimum Gasteiger partial charge on any atom is -0.493 e. The second kappa shape index (κ2) is 11.5. The van der Waals surface area contributed by atoms with Gasteiger partial charge in [-0.15, -0.1) is 0 Å². The van der Waals surface area contributed by atoms with Gasteiger partial charge in [-0.05, 0) is 18.6 Å². The van der Waals surface area contributed by atoms with Crippen molar-refractivity contribution in [3.8, 4) is 5.75 Å². The molecule has 0 amide bonds. The zero-order valence-electron chi connectivity index (χ0n) is 12.7. The fourth-order valence-electron chi connectivity index (χ4n) is 1.71. The molecule has 0 fully saturated rings. The van der Waals surface area contributed by atoms with Crippen molar-refractivity contribution in [1.29, 1.82) is 0 Å². The Hall–Kier alpha value is -1.17. The zero-order valence-corrected chi connectivity index (χ0v) is 13.5. The fraction of sp³-hybridized carbons (Fsp3) is 0.562. The first-order valence-corrected chi connectivity index (χ1v) is 7.83. The standard InChI is InChI=1S/C16H25NO3S/c1-2-3-9-18-12-13-19-10-6-11-20-15-8-5-4-7-14(15)16(17)21/h4-5,7-8H,2-3,6,9-13H2,1H3,(H2,17,21). The first kappa shape index (κ1) is 17.9. The van der Waals surface area contributed by atoms with Gasteiger partial charge in [0.05, 0.1) is 25.4 Å². The highest BCUT2D eigenvalue weighted by atomic mass is 32.1. The second-order valence-corrected chi connectivity index (χ2v) is 5.08. The SMILES string of the molecule is CCCCOCCOCCCOc1ccccc1C(N)=S. The van der Waals surface area contributed by atoms with Crippen LogP contribution >= 0.6 is 12.2 Å². The van der Waals surface area contributed by atoms with Gasteiger partial charge in [0.1, 0.15) is 10.7 Å². The number of thiocarbonyl (C=S) groups is 1. The van der Waals surface area contributed by atoms with Gasteiger partial charge in [-0.2, -0.15) is 0 Å². The summed E-state index contributed by atoms with van der Waals surface area (Å²) in [6.45, 7) is 5.50. The molecule has 0 aromatic heterocycles. The number of unbranched alkanes of at least 4 members (excludes halogenated alkanes) is 1. The lowest BCUT2D eigenvalue weighted by atomic mass is 10.2. The molecule has 0 heterocycles. The van der Waals surface area contributed by atoms with Gasteiger partial charge in [0, 0.05) is 19.6 Å². The maximum absolute atomic E-state index is 5.68. The second-order valence-electron chi connectivity index (χ2n) is 4.64. The highest BCUT2D eigenvalue weighted by Crippen LogP contribution is 2.17. The van der Waals surface area contributed by atoms with Gasteiger partial charge in [0.25, 0.3) is 0 Å². The van der Waals surface area contributed by atoms with Crippen LogP contribution in [0.2, 0.25) is 0 Å². The minimum absolute atomic E-state index is 0.353. The van der Waals surface area contributed by atoms with E-state index < -0.39 is 0 Å². The Morgan fingerprint density at radius 3 is 2.33 bits per heavy atom. The molecule has 21 heavy (non-hydrogen) atoms. The largest absolute Gasteiger partial charge is 0.493 e. The average molecular weight is 311 g/mol. The number of para-hydroxylation sites is 1. The maximum Gasteiger partial charge on any atom is 0.129 e. The highest BCUT2D eigenvalue weighted by molar-refractivity contribution is 7.80. The van der Waals surface area contributed by atoms with Gasteiger partial charge in [0.15, 0.2) is 0 Å². The number of hydrogen-bond acceptors (Lipinski definition) is 4. The molecule has 2 N–H and O–H groups in total. The lowest BCUT2D eigenvalue weighted by Crippen LogP contribution is -2.13. The van der Waals surface area contributed by atoms with E-state index in [1.165, 1.54) is 0 Å². The Morgan fingerprint density at radius 2 is 1.67 bits per heavy atom. The minimum atomic E-state index is 0.353. The van der Waals surface area contributed by atoms with Crippen molar-refractivity contribution < 1.29 is 14.2 Å². The number of nitrogens with two attached hydrogens (primary N) is 1. The van der Waals surface area contributed by atoms with E-state index in [9.17, 15) is 0 Å². The predicted octanol–water partition coefficient (Wildman–Crippen LogP) is 2.92. The van der Waals surface area contributed by atoms with Gasteiger partial charge in [-0.3, -0.25) is 0 Å². The molecule has 0 unspecified atom stereocenters. The Kier molecular flexibility index (Phi) is 9.78. The molecular formula is C16H25NO3S. The van der Waals surface area contributed by atoms with Crippen molar-refractivity contribution in [2.45, 2.75) is 26.2 Å². The molecule has 0 spiro atoms. The fourth-order valence-corrected chi connectivity index (χ4v) is 1.88. The quantitative estimate of drug-likeness (QED) is 0.475. The average Bonchev–Trinajstić information content (AvgIpc) is 2.49. The van der Waals surface area contributed by atoms with E-state index in [1.807, 2.05) is 24.3 Å². The van der Waals surface area contributed by atoms with Gasteiger partial charge >= 0.3 is 0 Å². The topological polar surface area (TPSA) is 53.7 Å². The van der Waals surface area contributed by atoms with Crippen LogP contribution < -0.4 is 10.5 Å².